The van der Waals surface area contributed by atoms with Gasteiger partial charge >= 0.3 is 0 Å². The highest BCUT2D eigenvalue weighted by molar-refractivity contribution is 6.30. The maximum atomic E-state index is 9.83. The van der Waals surface area contributed by atoms with E-state index in [1.165, 1.54) is 0 Å². The first-order chi connectivity index (χ1) is 14.1. The topological polar surface area (TPSA) is 84.8 Å². The van der Waals surface area contributed by atoms with Gasteiger partial charge in [0.1, 0.15) is 22.3 Å². The number of rotatable bonds is 1. The molecule has 0 radical (unpaired) electrons. The predicted octanol–water partition coefficient (Wildman–Crippen LogP) is 4.96. The highest BCUT2D eigenvalue weighted by Gasteiger charge is 2.33. The molecule has 5 rings (SSSR count). The molecule has 6 heteroatoms. The summed E-state index contributed by atoms with van der Waals surface area (Å²) in [7, 11) is 0. The number of aryl methyl sites for hydroxylation is 1. The van der Waals surface area contributed by atoms with Crippen molar-refractivity contribution in [3.8, 4) is 11.8 Å². The molecule has 5 nitrogen and oxygen atoms in total. The van der Waals surface area contributed by atoms with Crippen molar-refractivity contribution in [1.29, 1.82) is 5.26 Å². The molecule has 140 valence electrons. The number of pyridine rings is 2. The van der Waals surface area contributed by atoms with Gasteiger partial charge in [-0.15, -0.1) is 0 Å². The number of nitrogens with zero attached hydrogens (tertiary/aromatic N) is 3. The summed E-state index contributed by atoms with van der Waals surface area (Å²) in [6.45, 7) is 2.01. The normalized spacial score (nSPS) is 15.8. The fourth-order valence-electron chi connectivity index (χ4n) is 3.85. The van der Waals surface area contributed by atoms with Crippen LogP contribution in [0.1, 0.15) is 22.6 Å². The zero-order valence-electron chi connectivity index (χ0n) is 15.5. The minimum Gasteiger partial charge on any atom is -0.438 e. The minimum absolute atomic E-state index is 0.0585. The standard InChI is InChI=1S/C23H15ClN4O/c1-12-4-5-14-10-16(22(24)28-18(14)9-12)19-15-7-6-13-3-2-8-27-20(13)21(15)29-23(26)17(19)11-25/h2-10,19H,26H2,1H3. The molecular formula is C23H15ClN4O. The van der Waals surface area contributed by atoms with Crippen molar-refractivity contribution in [2.75, 3.05) is 0 Å². The van der Waals surface area contributed by atoms with E-state index in [0.29, 0.717) is 27.6 Å². The lowest BCUT2D eigenvalue weighted by molar-refractivity contribution is 0.397. The van der Waals surface area contributed by atoms with E-state index in [9.17, 15) is 5.26 Å². The molecule has 1 aliphatic rings. The Morgan fingerprint density at radius 3 is 2.76 bits per heavy atom. The molecule has 0 saturated carbocycles. The Morgan fingerprint density at radius 1 is 1.10 bits per heavy atom. The molecule has 3 heterocycles. The number of nitrogens with two attached hydrogens (primary N) is 1. The highest BCUT2D eigenvalue weighted by Crippen LogP contribution is 2.46. The summed E-state index contributed by atoms with van der Waals surface area (Å²) in [4.78, 5) is 9.03. The van der Waals surface area contributed by atoms with Crippen LogP contribution in [0.5, 0.6) is 5.75 Å². The number of hydrogen-bond donors (Lipinski definition) is 1. The molecular weight excluding hydrogens is 384 g/mol. The Bertz CT molecular complexity index is 1390. The summed E-state index contributed by atoms with van der Waals surface area (Å²) in [5.41, 5.74) is 10.6. The van der Waals surface area contributed by atoms with E-state index in [1.54, 1.807) is 6.20 Å². The van der Waals surface area contributed by atoms with Gasteiger partial charge in [0.15, 0.2) is 5.75 Å². The lowest BCUT2D eigenvalue weighted by Gasteiger charge is -2.27. The smallest absolute Gasteiger partial charge is 0.205 e. The first-order valence-electron chi connectivity index (χ1n) is 9.09. The van der Waals surface area contributed by atoms with Crippen LogP contribution in [-0.2, 0) is 0 Å². The monoisotopic (exact) mass is 398 g/mol. The summed E-state index contributed by atoms with van der Waals surface area (Å²) < 4.78 is 5.85. The van der Waals surface area contributed by atoms with E-state index < -0.39 is 5.92 Å². The number of benzene rings is 2. The van der Waals surface area contributed by atoms with E-state index in [2.05, 4.69) is 16.0 Å². The molecule has 0 saturated heterocycles. The fraction of sp³-hybridized carbons (Fsp3) is 0.0870. The highest BCUT2D eigenvalue weighted by atomic mass is 35.5. The summed E-state index contributed by atoms with van der Waals surface area (Å²) in [6.07, 6.45) is 1.70. The quantitative estimate of drug-likeness (QED) is 0.458. The molecule has 2 aromatic heterocycles. The van der Waals surface area contributed by atoms with Crippen LogP contribution in [-0.4, -0.2) is 9.97 Å². The van der Waals surface area contributed by atoms with Crippen LogP contribution in [0.4, 0.5) is 0 Å². The SMILES string of the molecule is Cc1ccc2cc(C3C(C#N)=C(N)Oc4c3ccc3cccnc43)c(Cl)nc2c1. The van der Waals surface area contributed by atoms with Crippen molar-refractivity contribution in [3.63, 3.8) is 0 Å². The largest absolute Gasteiger partial charge is 0.438 e. The van der Waals surface area contributed by atoms with Gasteiger partial charge in [0.25, 0.3) is 0 Å². The summed E-state index contributed by atoms with van der Waals surface area (Å²) in [5, 5.41) is 12.0. The van der Waals surface area contributed by atoms with E-state index in [0.717, 1.165) is 27.4 Å². The summed E-state index contributed by atoms with van der Waals surface area (Å²) >= 11 is 6.60. The van der Waals surface area contributed by atoms with E-state index in [1.807, 2.05) is 55.5 Å². The predicted molar refractivity (Wildman–Crippen MR) is 113 cm³/mol. The number of aromatic nitrogens is 2. The van der Waals surface area contributed by atoms with Crippen molar-refractivity contribution >= 4 is 33.4 Å². The van der Waals surface area contributed by atoms with Crippen molar-refractivity contribution in [1.82, 2.24) is 9.97 Å². The number of fused-ring (bicyclic) bond motifs is 4. The van der Waals surface area contributed by atoms with Crippen LogP contribution in [0.15, 0.2) is 66.2 Å². The third kappa shape index (κ3) is 2.69. The average Bonchev–Trinajstić information content (AvgIpc) is 2.72. The molecule has 1 aliphatic heterocycles. The lowest BCUT2D eigenvalue weighted by Crippen LogP contribution is -2.21. The molecule has 2 N–H and O–H groups in total. The average molecular weight is 399 g/mol. The molecule has 0 bridgehead atoms. The van der Waals surface area contributed by atoms with Gasteiger partial charge in [0.2, 0.25) is 5.88 Å². The van der Waals surface area contributed by atoms with Crippen molar-refractivity contribution < 1.29 is 4.74 Å². The molecule has 0 amide bonds. The van der Waals surface area contributed by atoms with Gasteiger partial charge in [-0.1, -0.05) is 41.9 Å². The van der Waals surface area contributed by atoms with E-state index >= 15 is 0 Å². The molecule has 0 aliphatic carbocycles. The second-order valence-corrected chi connectivity index (χ2v) is 7.41. The van der Waals surface area contributed by atoms with Crippen molar-refractivity contribution in [2.24, 2.45) is 5.73 Å². The molecule has 0 spiro atoms. The Hall–Kier alpha value is -3.62. The van der Waals surface area contributed by atoms with Gasteiger partial charge in [-0.3, -0.25) is 4.98 Å². The molecule has 1 unspecified atom stereocenters. The second kappa shape index (κ2) is 6.47. The zero-order valence-corrected chi connectivity index (χ0v) is 16.2. The van der Waals surface area contributed by atoms with Gasteiger partial charge in [-0.05, 0) is 30.7 Å². The van der Waals surface area contributed by atoms with Gasteiger partial charge in [-0.2, -0.15) is 5.26 Å². The van der Waals surface area contributed by atoms with Crippen LogP contribution in [0, 0.1) is 18.3 Å². The van der Waals surface area contributed by atoms with Gasteiger partial charge in [0, 0.05) is 28.1 Å². The van der Waals surface area contributed by atoms with Crippen molar-refractivity contribution in [3.05, 3.63) is 88.0 Å². The maximum absolute atomic E-state index is 9.83. The van der Waals surface area contributed by atoms with Crippen LogP contribution < -0.4 is 10.5 Å². The van der Waals surface area contributed by atoms with Crippen molar-refractivity contribution in [2.45, 2.75) is 12.8 Å². The van der Waals surface area contributed by atoms with E-state index in [4.69, 9.17) is 22.1 Å². The number of allylic oxidation sites excluding steroid dienone is 1. The number of nitriles is 1. The lowest BCUT2D eigenvalue weighted by atomic mass is 9.83. The minimum atomic E-state index is -0.485. The van der Waals surface area contributed by atoms with Gasteiger partial charge in [-0.25, -0.2) is 4.98 Å². The van der Waals surface area contributed by atoms with Crippen LogP contribution in [0.3, 0.4) is 0 Å². The molecule has 1 atom stereocenters. The Balaban J connectivity index is 1.81. The fourth-order valence-corrected chi connectivity index (χ4v) is 4.10. The summed E-state index contributed by atoms with van der Waals surface area (Å²) in [5.74, 6) is 0.119. The summed E-state index contributed by atoms with van der Waals surface area (Å²) in [6, 6.07) is 17.9. The van der Waals surface area contributed by atoms with Gasteiger partial charge < -0.3 is 10.5 Å². The number of ether oxygens (including phenoxy) is 1. The molecule has 29 heavy (non-hydrogen) atoms. The van der Waals surface area contributed by atoms with Crippen LogP contribution >= 0.6 is 11.6 Å². The van der Waals surface area contributed by atoms with E-state index in [-0.39, 0.29) is 5.88 Å². The Labute approximate surface area is 172 Å². The first-order valence-corrected chi connectivity index (χ1v) is 9.46. The van der Waals surface area contributed by atoms with Gasteiger partial charge in [0.05, 0.1) is 11.4 Å². The number of hydrogen-bond acceptors (Lipinski definition) is 5. The number of halogens is 1. The second-order valence-electron chi connectivity index (χ2n) is 7.05. The first kappa shape index (κ1) is 17.5. The third-order valence-electron chi connectivity index (χ3n) is 5.22. The zero-order chi connectivity index (χ0) is 20.1. The molecule has 4 aromatic rings. The molecule has 0 fully saturated rings. The Morgan fingerprint density at radius 2 is 1.93 bits per heavy atom. The van der Waals surface area contributed by atoms with Crippen LogP contribution in [0.2, 0.25) is 5.15 Å². The molecule has 2 aromatic carbocycles. The third-order valence-corrected chi connectivity index (χ3v) is 5.52. The Kier molecular flexibility index (Phi) is 3.90. The van der Waals surface area contributed by atoms with Crippen LogP contribution in [0.25, 0.3) is 21.8 Å². The maximum Gasteiger partial charge on any atom is 0.205 e.